The average Bonchev–Trinajstić information content (AvgIpc) is 2.69. The number of rotatable bonds is 6. The molecule has 0 amide bonds. The summed E-state index contributed by atoms with van der Waals surface area (Å²) in [5, 5.41) is 13.2. The highest BCUT2D eigenvalue weighted by molar-refractivity contribution is 7.12. The Bertz CT molecular complexity index is 357. The van der Waals surface area contributed by atoms with Crippen LogP contribution in [0.3, 0.4) is 0 Å². The van der Waals surface area contributed by atoms with Crippen LogP contribution >= 0.6 is 11.3 Å². The highest BCUT2D eigenvalue weighted by atomic mass is 32.1. The molecule has 3 nitrogen and oxygen atoms in total. The normalized spacial score (nSPS) is 15.7. The van der Waals surface area contributed by atoms with Gasteiger partial charge in [-0.05, 0) is 46.8 Å². The van der Waals surface area contributed by atoms with Gasteiger partial charge < -0.3 is 15.2 Å². The van der Waals surface area contributed by atoms with Gasteiger partial charge in [0, 0.05) is 22.3 Å². The van der Waals surface area contributed by atoms with Gasteiger partial charge in [0.1, 0.15) is 0 Å². The lowest BCUT2D eigenvalue weighted by Gasteiger charge is -2.23. The second-order valence-corrected chi connectivity index (χ2v) is 6.98. The maximum absolute atomic E-state index is 9.83. The molecule has 2 unspecified atom stereocenters. The molecule has 18 heavy (non-hydrogen) atoms. The predicted molar refractivity (Wildman–Crippen MR) is 77.2 cm³/mol. The summed E-state index contributed by atoms with van der Waals surface area (Å²) in [4.78, 5) is 2.62. The minimum absolute atomic E-state index is 0.197. The van der Waals surface area contributed by atoms with E-state index in [0.29, 0.717) is 13.2 Å². The molecule has 0 aromatic carbocycles. The maximum atomic E-state index is 9.83. The molecule has 0 saturated heterocycles. The Labute approximate surface area is 114 Å². The fraction of sp³-hybridized carbons (Fsp3) is 0.714. The van der Waals surface area contributed by atoms with Crippen LogP contribution < -0.4 is 5.32 Å². The Hall–Kier alpha value is -0.420. The first-order valence-electron chi connectivity index (χ1n) is 6.39. The predicted octanol–water partition coefficient (Wildman–Crippen LogP) is 2.88. The third kappa shape index (κ3) is 5.96. The molecule has 0 bridgehead atoms. The number of hydrogen-bond acceptors (Lipinski definition) is 4. The highest BCUT2D eigenvalue weighted by Crippen LogP contribution is 2.22. The second kappa shape index (κ2) is 6.66. The minimum Gasteiger partial charge on any atom is -0.389 e. The van der Waals surface area contributed by atoms with Crippen LogP contribution in [0.4, 0.5) is 0 Å². The van der Waals surface area contributed by atoms with Gasteiger partial charge in [0.25, 0.3) is 0 Å². The van der Waals surface area contributed by atoms with Crippen molar-refractivity contribution in [2.75, 3.05) is 13.2 Å². The van der Waals surface area contributed by atoms with Crippen molar-refractivity contribution in [2.45, 2.75) is 52.4 Å². The summed E-state index contributed by atoms with van der Waals surface area (Å²) >= 11 is 1.79. The van der Waals surface area contributed by atoms with Gasteiger partial charge in [0.15, 0.2) is 0 Å². The van der Waals surface area contributed by atoms with Crippen molar-refractivity contribution in [3.05, 3.63) is 21.9 Å². The molecule has 2 atom stereocenters. The van der Waals surface area contributed by atoms with E-state index < -0.39 is 6.10 Å². The lowest BCUT2D eigenvalue weighted by atomic mass is 10.2. The Kier molecular flexibility index (Phi) is 5.79. The number of aliphatic hydroxyl groups excluding tert-OH is 1. The van der Waals surface area contributed by atoms with Crippen LogP contribution in [0.5, 0.6) is 0 Å². The fourth-order valence-electron chi connectivity index (χ4n) is 1.50. The standard InChI is InChI=1S/C14H25NO2S/c1-10-6-7-13(18-10)11(2)15-8-12(16)9-17-14(3,4)5/h6-7,11-12,15-16H,8-9H2,1-5H3. The molecule has 0 aliphatic rings. The van der Waals surface area contributed by atoms with E-state index in [2.05, 4.69) is 31.3 Å². The Balaban J connectivity index is 2.28. The van der Waals surface area contributed by atoms with E-state index in [1.54, 1.807) is 11.3 Å². The number of nitrogens with one attached hydrogen (secondary N) is 1. The Morgan fingerprint density at radius 2 is 2.06 bits per heavy atom. The molecule has 1 aromatic heterocycles. The summed E-state index contributed by atoms with van der Waals surface area (Å²) in [5.74, 6) is 0. The first kappa shape index (κ1) is 15.6. The van der Waals surface area contributed by atoms with Crippen molar-refractivity contribution >= 4 is 11.3 Å². The van der Waals surface area contributed by atoms with Gasteiger partial charge in [-0.1, -0.05) is 0 Å². The second-order valence-electron chi connectivity index (χ2n) is 5.66. The number of thiophene rings is 1. The minimum atomic E-state index is -0.465. The van der Waals surface area contributed by atoms with E-state index in [0.717, 1.165) is 0 Å². The largest absolute Gasteiger partial charge is 0.389 e. The summed E-state index contributed by atoms with van der Waals surface area (Å²) in [6.07, 6.45) is -0.465. The fourth-order valence-corrected chi connectivity index (χ4v) is 2.41. The van der Waals surface area contributed by atoms with Crippen molar-refractivity contribution < 1.29 is 9.84 Å². The summed E-state index contributed by atoms with van der Waals surface area (Å²) in [5.41, 5.74) is -0.197. The molecule has 0 saturated carbocycles. The summed E-state index contributed by atoms with van der Waals surface area (Å²) in [7, 11) is 0. The molecule has 0 fully saturated rings. The number of aliphatic hydroxyl groups is 1. The summed E-state index contributed by atoms with van der Waals surface area (Å²) < 4.78 is 5.55. The van der Waals surface area contributed by atoms with Crippen molar-refractivity contribution in [1.82, 2.24) is 5.32 Å². The molecule has 0 aliphatic carbocycles. The van der Waals surface area contributed by atoms with Crippen molar-refractivity contribution in [3.8, 4) is 0 Å². The van der Waals surface area contributed by atoms with E-state index in [1.807, 2.05) is 20.8 Å². The molecular weight excluding hydrogens is 246 g/mol. The van der Waals surface area contributed by atoms with Gasteiger partial charge in [0.05, 0.1) is 18.3 Å². The highest BCUT2D eigenvalue weighted by Gasteiger charge is 2.15. The van der Waals surface area contributed by atoms with Crippen molar-refractivity contribution in [2.24, 2.45) is 0 Å². The third-order valence-electron chi connectivity index (χ3n) is 2.56. The van der Waals surface area contributed by atoms with Crippen LogP contribution in [0, 0.1) is 6.92 Å². The molecule has 104 valence electrons. The van der Waals surface area contributed by atoms with E-state index in [-0.39, 0.29) is 11.6 Å². The third-order valence-corrected chi connectivity index (χ3v) is 3.74. The van der Waals surface area contributed by atoms with Gasteiger partial charge in [-0.2, -0.15) is 0 Å². The van der Waals surface area contributed by atoms with Crippen molar-refractivity contribution in [1.29, 1.82) is 0 Å². The molecule has 1 heterocycles. The lowest BCUT2D eigenvalue weighted by molar-refractivity contribution is -0.0482. The molecule has 1 aromatic rings. The monoisotopic (exact) mass is 271 g/mol. The zero-order valence-electron chi connectivity index (χ0n) is 12.0. The van der Waals surface area contributed by atoms with Crippen molar-refractivity contribution in [3.63, 3.8) is 0 Å². The van der Waals surface area contributed by atoms with Crippen LogP contribution in [-0.2, 0) is 4.74 Å². The molecule has 2 N–H and O–H groups in total. The van der Waals surface area contributed by atoms with Gasteiger partial charge in [-0.3, -0.25) is 0 Å². The van der Waals surface area contributed by atoms with Crippen LogP contribution in [-0.4, -0.2) is 30.0 Å². The van der Waals surface area contributed by atoms with E-state index in [4.69, 9.17) is 4.74 Å². The zero-order chi connectivity index (χ0) is 13.8. The van der Waals surface area contributed by atoms with Gasteiger partial charge in [0.2, 0.25) is 0 Å². The van der Waals surface area contributed by atoms with Crippen LogP contribution in [0.1, 0.15) is 43.5 Å². The number of ether oxygens (including phenoxy) is 1. The molecular formula is C14H25NO2S. The molecule has 4 heteroatoms. The topological polar surface area (TPSA) is 41.5 Å². The van der Waals surface area contributed by atoms with E-state index >= 15 is 0 Å². The molecule has 0 spiro atoms. The molecule has 0 aliphatic heterocycles. The first-order valence-corrected chi connectivity index (χ1v) is 7.21. The van der Waals surface area contributed by atoms with Crippen LogP contribution in [0.15, 0.2) is 12.1 Å². The Morgan fingerprint density at radius 3 is 2.56 bits per heavy atom. The van der Waals surface area contributed by atoms with Crippen LogP contribution in [0.2, 0.25) is 0 Å². The van der Waals surface area contributed by atoms with Crippen LogP contribution in [0.25, 0.3) is 0 Å². The Morgan fingerprint density at radius 1 is 1.39 bits per heavy atom. The SMILES string of the molecule is Cc1ccc(C(C)NCC(O)COC(C)(C)C)s1. The number of aryl methyl sites for hydroxylation is 1. The van der Waals surface area contributed by atoms with E-state index in [1.165, 1.54) is 9.75 Å². The maximum Gasteiger partial charge on any atom is 0.0898 e. The molecule has 0 radical (unpaired) electrons. The molecule has 1 rings (SSSR count). The van der Waals surface area contributed by atoms with Gasteiger partial charge in [-0.25, -0.2) is 0 Å². The van der Waals surface area contributed by atoms with Gasteiger partial charge in [-0.15, -0.1) is 11.3 Å². The van der Waals surface area contributed by atoms with E-state index in [9.17, 15) is 5.11 Å². The summed E-state index contributed by atoms with van der Waals surface area (Å²) in [6, 6.07) is 4.53. The average molecular weight is 271 g/mol. The smallest absolute Gasteiger partial charge is 0.0898 e. The quantitative estimate of drug-likeness (QED) is 0.836. The lowest BCUT2D eigenvalue weighted by Crippen LogP contribution is -2.34. The summed E-state index contributed by atoms with van der Waals surface area (Å²) in [6.45, 7) is 11.1. The first-order chi connectivity index (χ1) is 8.28. The van der Waals surface area contributed by atoms with Gasteiger partial charge >= 0.3 is 0 Å². The zero-order valence-corrected chi connectivity index (χ0v) is 12.8. The number of hydrogen-bond donors (Lipinski definition) is 2.